The molecule has 1 atom stereocenters. The van der Waals surface area contributed by atoms with Crippen molar-refractivity contribution in [1.82, 2.24) is 0 Å². The summed E-state index contributed by atoms with van der Waals surface area (Å²) in [6, 6.07) is 0. The minimum atomic E-state index is 0.391. The SMILES string of the molecule is CC(C)[C@H](CO)C1CCCC1. The highest BCUT2D eigenvalue weighted by molar-refractivity contribution is 4.76. The van der Waals surface area contributed by atoms with Crippen LogP contribution >= 0.6 is 0 Å². The molecule has 0 aromatic rings. The monoisotopic (exact) mass is 156 g/mol. The lowest BCUT2D eigenvalue weighted by Gasteiger charge is -2.24. The van der Waals surface area contributed by atoms with Crippen LogP contribution in [0.5, 0.6) is 0 Å². The Bertz CT molecular complexity index is 103. The number of rotatable bonds is 3. The Morgan fingerprint density at radius 2 is 1.82 bits per heavy atom. The first kappa shape index (κ1) is 9.05. The molecule has 1 fully saturated rings. The van der Waals surface area contributed by atoms with E-state index in [9.17, 15) is 0 Å². The third kappa shape index (κ3) is 2.19. The van der Waals surface area contributed by atoms with Gasteiger partial charge < -0.3 is 5.11 Å². The highest BCUT2D eigenvalue weighted by Gasteiger charge is 2.26. The van der Waals surface area contributed by atoms with Crippen molar-refractivity contribution in [3.8, 4) is 0 Å². The van der Waals surface area contributed by atoms with Crippen molar-refractivity contribution in [2.24, 2.45) is 17.8 Å². The van der Waals surface area contributed by atoms with E-state index in [1.54, 1.807) is 0 Å². The van der Waals surface area contributed by atoms with Gasteiger partial charge in [0.05, 0.1) is 0 Å². The topological polar surface area (TPSA) is 20.2 Å². The fraction of sp³-hybridized carbons (Fsp3) is 1.00. The van der Waals surface area contributed by atoms with Crippen molar-refractivity contribution in [2.75, 3.05) is 6.61 Å². The molecule has 66 valence electrons. The Balaban J connectivity index is 2.40. The van der Waals surface area contributed by atoms with Gasteiger partial charge in [-0.2, -0.15) is 0 Å². The van der Waals surface area contributed by atoms with Gasteiger partial charge in [-0.05, 0) is 17.8 Å². The predicted molar refractivity (Wildman–Crippen MR) is 47.4 cm³/mol. The summed E-state index contributed by atoms with van der Waals surface area (Å²) in [6.45, 7) is 4.83. The zero-order chi connectivity index (χ0) is 8.27. The van der Waals surface area contributed by atoms with Gasteiger partial charge in [-0.15, -0.1) is 0 Å². The smallest absolute Gasteiger partial charge is 0.0464 e. The average molecular weight is 156 g/mol. The van der Waals surface area contributed by atoms with E-state index in [1.807, 2.05) is 0 Å². The largest absolute Gasteiger partial charge is 0.396 e. The van der Waals surface area contributed by atoms with Gasteiger partial charge in [0.1, 0.15) is 0 Å². The van der Waals surface area contributed by atoms with Crippen molar-refractivity contribution in [3.63, 3.8) is 0 Å². The lowest BCUT2D eigenvalue weighted by atomic mass is 9.83. The molecule has 0 aromatic heterocycles. The molecule has 1 aliphatic carbocycles. The molecule has 0 aliphatic heterocycles. The Morgan fingerprint density at radius 1 is 1.27 bits per heavy atom. The third-order valence-corrected chi connectivity index (χ3v) is 3.07. The zero-order valence-electron chi connectivity index (χ0n) is 7.71. The maximum atomic E-state index is 9.16. The van der Waals surface area contributed by atoms with E-state index in [2.05, 4.69) is 13.8 Å². The van der Waals surface area contributed by atoms with Gasteiger partial charge >= 0.3 is 0 Å². The molecule has 0 bridgehead atoms. The lowest BCUT2D eigenvalue weighted by molar-refractivity contribution is 0.136. The number of aliphatic hydroxyl groups is 1. The first-order valence-electron chi connectivity index (χ1n) is 4.86. The fourth-order valence-electron chi connectivity index (χ4n) is 2.29. The first-order chi connectivity index (χ1) is 5.25. The summed E-state index contributed by atoms with van der Waals surface area (Å²) in [6.07, 6.45) is 5.47. The summed E-state index contributed by atoms with van der Waals surface area (Å²) < 4.78 is 0. The van der Waals surface area contributed by atoms with E-state index in [0.717, 1.165) is 5.92 Å². The molecule has 0 unspecified atom stereocenters. The van der Waals surface area contributed by atoms with E-state index >= 15 is 0 Å². The molecule has 11 heavy (non-hydrogen) atoms. The average Bonchev–Trinajstić information content (AvgIpc) is 2.40. The molecule has 0 radical (unpaired) electrons. The van der Waals surface area contributed by atoms with Gasteiger partial charge in [0.15, 0.2) is 0 Å². The predicted octanol–water partition coefficient (Wildman–Crippen LogP) is 2.44. The third-order valence-electron chi connectivity index (χ3n) is 3.07. The van der Waals surface area contributed by atoms with Gasteiger partial charge in [-0.25, -0.2) is 0 Å². The van der Waals surface area contributed by atoms with Gasteiger partial charge in [0.25, 0.3) is 0 Å². The molecular weight excluding hydrogens is 136 g/mol. The molecule has 0 heterocycles. The Labute approximate surface area is 69.8 Å². The van der Waals surface area contributed by atoms with Crippen LogP contribution in [-0.2, 0) is 0 Å². The number of aliphatic hydroxyl groups excluding tert-OH is 1. The fourth-order valence-corrected chi connectivity index (χ4v) is 2.29. The molecule has 1 aliphatic rings. The minimum absolute atomic E-state index is 0.391. The second-order valence-corrected chi connectivity index (χ2v) is 4.13. The van der Waals surface area contributed by atoms with Crippen LogP contribution in [0.2, 0.25) is 0 Å². The second kappa shape index (κ2) is 4.10. The van der Waals surface area contributed by atoms with Crippen LogP contribution in [0.15, 0.2) is 0 Å². The van der Waals surface area contributed by atoms with Crippen molar-refractivity contribution >= 4 is 0 Å². The molecule has 1 saturated carbocycles. The summed E-state index contributed by atoms with van der Waals surface area (Å²) in [5.74, 6) is 2.04. The second-order valence-electron chi connectivity index (χ2n) is 4.13. The van der Waals surface area contributed by atoms with E-state index in [0.29, 0.717) is 18.4 Å². The first-order valence-corrected chi connectivity index (χ1v) is 4.86. The van der Waals surface area contributed by atoms with Gasteiger partial charge in [0, 0.05) is 6.61 Å². The molecular formula is C10H20O. The maximum absolute atomic E-state index is 9.16. The summed E-state index contributed by atoms with van der Waals surface area (Å²) >= 11 is 0. The van der Waals surface area contributed by atoms with E-state index in [4.69, 9.17) is 5.11 Å². The maximum Gasteiger partial charge on any atom is 0.0464 e. The van der Waals surface area contributed by atoms with Gasteiger partial charge in [0.2, 0.25) is 0 Å². The summed E-state index contributed by atoms with van der Waals surface area (Å²) in [5.41, 5.74) is 0. The minimum Gasteiger partial charge on any atom is -0.396 e. The van der Waals surface area contributed by atoms with Crippen LogP contribution in [0.25, 0.3) is 0 Å². The Morgan fingerprint density at radius 3 is 2.18 bits per heavy atom. The lowest BCUT2D eigenvalue weighted by Crippen LogP contribution is -2.21. The zero-order valence-corrected chi connectivity index (χ0v) is 7.71. The van der Waals surface area contributed by atoms with Crippen LogP contribution in [0.1, 0.15) is 39.5 Å². The molecule has 0 spiro atoms. The van der Waals surface area contributed by atoms with Gasteiger partial charge in [-0.1, -0.05) is 39.5 Å². The molecule has 0 saturated heterocycles. The van der Waals surface area contributed by atoms with E-state index in [-0.39, 0.29) is 0 Å². The standard InChI is InChI=1S/C10H20O/c1-8(2)10(7-11)9-5-3-4-6-9/h8-11H,3-7H2,1-2H3/t10-/m0/s1. The highest BCUT2D eigenvalue weighted by atomic mass is 16.3. The van der Waals surface area contributed by atoms with E-state index in [1.165, 1.54) is 25.7 Å². The van der Waals surface area contributed by atoms with Crippen LogP contribution in [-0.4, -0.2) is 11.7 Å². The van der Waals surface area contributed by atoms with Crippen molar-refractivity contribution in [3.05, 3.63) is 0 Å². The normalized spacial score (nSPS) is 22.9. The van der Waals surface area contributed by atoms with Crippen LogP contribution < -0.4 is 0 Å². The molecule has 1 heteroatoms. The molecule has 1 nitrogen and oxygen atoms in total. The highest BCUT2D eigenvalue weighted by Crippen LogP contribution is 2.34. The van der Waals surface area contributed by atoms with Crippen LogP contribution in [0, 0.1) is 17.8 Å². The quantitative estimate of drug-likeness (QED) is 0.665. The number of hydrogen-bond donors (Lipinski definition) is 1. The van der Waals surface area contributed by atoms with Crippen LogP contribution in [0.3, 0.4) is 0 Å². The van der Waals surface area contributed by atoms with Crippen LogP contribution in [0.4, 0.5) is 0 Å². The van der Waals surface area contributed by atoms with Crippen molar-refractivity contribution < 1.29 is 5.11 Å². The van der Waals surface area contributed by atoms with E-state index < -0.39 is 0 Å². The molecule has 0 amide bonds. The molecule has 1 N–H and O–H groups in total. The van der Waals surface area contributed by atoms with Gasteiger partial charge in [-0.3, -0.25) is 0 Å². The van der Waals surface area contributed by atoms with Crippen molar-refractivity contribution in [1.29, 1.82) is 0 Å². The Kier molecular flexibility index (Phi) is 3.38. The summed E-state index contributed by atoms with van der Waals surface area (Å²) in [7, 11) is 0. The molecule has 1 rings (SSSR count). The number of hydrogen-bond acceptors (Lipinski definition) is 1. The Hall–Kier alpha value is -0.0400. The van der Waals surface area contributed by atoms with Crippen molar-refractivity contribution in [2.45, 2.75) is 39.5 Å². The summed E-state index contributed by atoms with van der Waals surface area (Å²) in [5, 5.41) is 9.16. The molecule has 0 aromatic carbocycles. The summed E-state index contributed by atoms with van der Waals surface area (Å²) in [4.78, 5) is 0.